The second-order valence-electron chi connectivity index (χ2n) is 5.33. The largest absolute Gasteiger partial charge is 0.491 e. The average molecular weight is 297 g/mol. The summed E-state index contributed by atoms with van der Waals surface area (Å²) in [6.07, 6.45) is 5.42. The van der Waals surface area contributed by atoms with Crippen LogP contribution in [-0.4, -0.2) is 36.6 Å². The number of hydrogen-bond donors (Lipinski definition) is 2. The van der Waals surface area contributed by atoms with Crippen LogP contribution < -0.4 is 5.32 Å². The summed E-state index contributed by atoms with van der Waals surface area (Å²) in [5.74, 6) is 0.646. The van der Waals surface area contributed by atoms with Crippen molar-refractivity contribution in [3.05, 3.63) is 36.1 Å². The lowest BCUT2D eigenvalue weighted by molar-refractivity contribution is 0.0528. The van der Waals surface area contributed by atoms with Crippen LogP contribution >= 0.6 is 0 Å². The molecule has 0 unspecified atom stereocenters. The maximum Gasteiger partial charge on any atom is 0.407 e. The van der Waals surface area contributed by atoms with E-state index in [1.165, 1.54) is 0 Å². The van der Waals surface area contributed by atoms with Crippen LogP contribution in [0.2, 0.25) is 0 Å². The van der Waals surface area contributed by atoms with E-state index in [2.05, 4.69) is 11.9 Å². The first-order valence-electron chi connectivity index (χ1n) is 7.02. The van der Waals surface area contributed by atoms with Crippen LogP contribution in [0.3, 0.4) is 0 Å². The van der Waals surface area contributed by atoms with Gasteiger partial charge >= 0.3 is 6.09 Å². The van der Waals surface area contributed by atoms with E-state index >= 15 is 0 Å². The van der Waals surface area contributed by atoms with Gasteiger partial charge in [0.1, 0.15) is 18.0 Å². The van der Waals surface area contributed by atoms with E-state index in [-0.39, 0.29) is 13.2 Å². The molecule has 0 atom stereocenters. The van der Waals surface area contributed by atoms with Crippen LogP contribution in [0.15, 0.2) is 36.1 Å². The molecule has 0 aromatic heterocycles. The fraction of sp³-hybridized carbons (Fsp3) is 0.562. The molecule has 5 nitrogen and oxygen atoms in total. The van der Waals surface area contributed by atoms with E-state index in [1.807, 2.05) is 33.8 Å². The number of aliphatic hydroxyl groups is 1. The lowest BCUT2D eigenvalue weighted by Crippen LogP contribution is -2.33. The van der Waals surface area contributed by atoms with Crippen molar-refractivity contribution in [2.24, 2.45) is 0 Å². The topological polar surface area (TPSA) is 67.8 Å². The highest BCUT2D eigenvalue weighted by molar-refractivity contribution is 5.67. The Bertz CT molecular complexity index is 392. The molecule has 0 aliphatic carbocycles. The highest BCUT2D eigenvalue weighted by Gasteiger charge is 2.15. The van der Waals surface area contributed by atoms with Gasteiger partial charge in [0.25, 0.3) is 0 Å². The summed E-state index contributed by atoms with van der Waals surface area (Å²) in [5.41, 5.74) is 0.422. The smallest absolute Gasteiger partial charge is 0.407 e. The molecule has 0 aliphatic rings. The third kappa shape index (κ3) is 9.73. The van der Waals surface area contributed by atoms with Crippen LogP contribution in [0.4, 0.5) is 4.79 Å². The van der Waals surface area contributed by atoms with Crippen molar-refractivity contribution in [1.82, 2.24) is 5.32 Å². The molecule has 0 fully saturated rings. The predicted octanol–water partition coefficient (Wildman–Crippen LogP) is 2.93. The fourth-order valence-corrected chi connectivity index (χ4v) is 1.53. The maximum absolute atomic E-state index is 11.5. The van der Waals surface area contributed by atoms with E-state index in [4.69, 9.17) is 14.6 Å². The molecule has 0 radical (unpaired) electrons. The first kappa shape index (κ1) is 19.2. The number of amides is 1. The Kier molecular flexibility index (Phi) is 9.21. The summed E-state index contributed by atoms with van der Waals surface area (Å²) >= 11 is 0. The zero-order valence-electron chi connectivity index (χ0n) is 13.4. The minimum absolute atomic E-state index is 0.0539. The molecule has 5 heteroatoms. The monoisotopic (exact) mass is 297 g/mol. The van der Waals surface area contributed by atoms with Crippen molar-refractivity contribution in [2.45, 2.75) is 39.7 Å². The minimum atomic E-state index is -0.508. The lowest BCUT2D eigenvalue weighted by atomic mass is 10.1. The zero-order chi connectivity index (χ0) is 16.3. The van der Waals surface area contributed by atoms with Crippen molar-refractivity contribution in [3.63, 3.8) is 0 Å². The fourth-order valence-electron chi connectivity index (χ4n) is 1.53. The van der Waals surface area contributed by atoms with E-state index < -0.39 is 11.7 Å². The maximum atomic E-state index is 11.5. The molecular weight excluding hydrogens is 270 g/mol. The molecule has 120 valence electrons. The summed E-state index contributed by atoms with van der Waals surface area (Å²) in [6, 6.07) is 0. The van der Waals surface area contributed by atoms with Crippen molar-refractivity contribution in [2.75, 3.05) is 19.8 Å². The number of rotatable bonds is 8. The molecule has 21 heavy (non-hydrogen) atoms. The van der Waals surface area contributed by atoms with Gasteiger partial charge in [-0.25, -0.2) is 4.79 Å². The Morgan fingerprint density at radius 3 is 2.52 bits per heavy atom. The van der Waals surface area contributed by atoms with E-state index in [0.717, 1.165) is 5.57 Å². The van der Waals surface area contributed by atoms with E-state index in [1.54, 1.807) is 12.2 Å². The molecule has 0 heterocycles. The van der Waals surface area contributed by atoms with E-state index in [9.17, 15) is 4.79 Å². The number of alkyl carbamates (subject to hydrolysis) is 1. The van der Waals surface area contributed by atoms with Crippen LogP contribution in [0.1, 0.15) is 34.1 Å². The molecule has 0 aromatic carbocycles. The Labute approximate surface area is 127 Å². The van der Waals surface area contributed by atoms with Crippen molar-refractivity contribution < 1.29 is 19.4 Å². The van der Waals surface area contributed by atoms with Gasteiger partial charge < -0.3 is 19.9 Å². The van der Waals surface area contributed by atoms with Gasteiger partial charge in [-0.05, 0) is 45.8 Å². The molecule has 0 bridgehead atoms. The van der Waals surface area contributed by atoms with Gasteiger partial charge in [-0.1, -0.05) is 18.7 Å². The van der Waals surface area contributed by atoms with Gasteiger partial charge in [-0.15, -0.1) is 0 Å². The van der Waals surface area contributed by atoms with Gasteiger partial charge in [-0.3, -0.25) is 0 Å². The van der Waals surface area contributed by atoms with Crippen LogP contribution in [-0.2, 0) is 9.47 Å². The average Bonchev–Trinajstić information content (AvgIpc) is 2.38. The van der Waals surface area contributed by atoms with Crippen molar-refractivity contribution in [3.8, 4) is 0 Å². The molecule has 0 aliphatic heterocycles. The zero-order valence-corrected chi connectivity index (χ0v) is 13.4. The predicted molar refractivity (Wildman–Crippen MR) is 83.9 cm³/mol. The first-order chi connectivity index (χ1) is 9.84. The first-order valence-corrected chi connectivity index (χ1v) is 7.02. The summed E-state index contributed by atoms with van der Waals surface area (Å²) < 4.78 is 10.6. The highest BCUT2D eigenvalue weighted by Crippen LogP contribution is 2.15. The normalized spacial score (nSPS) is 12.8. The number of ether oxygens (including phenoxy) is 2. The molecule has 0 saturated carbocycles. The third-order valence-corrected chi connectivity index (χ3v) is 2.35. The Balaban J connectivity index is 4.41. The Hall–Kier alpha value is -1.75. The SMILES string of the molecule is C=C/C=C(OCCO)\C(=C/C)CCNC(=O)OC(C)(C)C. The molecule has 0 spiro atoms. The van der Waals surface area contributed by atoms with E-state index in [0.29, 0.717) is 18.7 Å². The molecule has 0 aromatic rings. The molecule has 0 saturated heterocycles. The molecule has 0 rings (SSSR count). The van der Waals surface area contributed by atoms with Gasteiger partial charge in [0.05, 0.1) is 6.61 Å². The summed E-state index contributed by atoms with van der Waals surface area (Å²) in [7, 11) is 0. The van der Waals surface area contributed by atoms with Gasteiger partial charge in [-0.2, -0.15) is 0 Å². The summed E-state index contributed by atoms with van der Waals surface area (Å²) in [4.78, 5) is 11.5. The second-order valence-corrected chi connectivity index (χ2v) is 5.33. The van der Waals surface area contributed by atoms with Crippen LogP contribution in [0.25, 0.3) is 0 Å². The number of allylic oxidation sites excluding steroid dienone is 4. The molecule has 1 amide bonds. The van der Waals surface area contributed by atoms with Crippen molar-refractivity contribution >= 4 is 6.09 Å². The molecular formula is C16H27NO4. The van der Waals surface area contributed by atoms with Crippen molar-refractivity contribution in [1.29, 1.82) is 0 Å². The van der Waals surface area contributed by atoms with Crippen LogP contribution in [0.5, 0.6) is 0 Å². The lowest BCUT2D eigenvalue weighted by Gasteiger charge is -2.20. The highest BCUT2D eigenvalue weighted by atomic mass is 16.6. The van der Waals surface area contributed by atoms with Gasteiger partial charge in [0.15, 0.2) is 0 Å². The number of hydrogen-bond acceptors (Lipinski definition) is 4. The summed E-state index contributed by atoms with van der Waals surface area (Å²) in [6.45, 7) is 11.6. The van der Waals surface area contributed by atoms with Gasteiger partial charge in [0.2, 0.25) is 0 Å². The number of carbonyl (C=O) groups excluding carboxylic acids is 1. The quantitative estimate of drug-likeness (QED) is 0.534. The Morgan fingerprint density at radius 1 is 1.38 bits per heavy atom. The minimum Gasteiger partial charge on any atom is -0.491 e. The summed E-state index contributed by atoms with van der Waals surface area (Å²) in [5, 5.41) is 11.5. The number of aliphatic hydroxyl groups excluding tert-OH is 1. The molecule has 2 N–H and O–H groups in total. The Morgan fingerprint density at radius 2 is 2.05 bits per heavy atom. The standard InChI is InChI=1S/C16H27NO4/c1-6-8-14(20-12-11-18)13(7-2)9-10-17-15(19)21-16(3,4)5/h6-8,18H,1,9-12H2,2-5H3,(H,17,19)/b13-7-,14-8+. The second kappa shape index (κ2) is 10.0. The third-order valence-electron chi connectivity index (χ3n) is 2.35. The van der Waals surface area contributed by atoms with Crippen LogP contribution in [0, 0.1) is 0 Å². The number of carbonyl (C=O) groups is 1. The van der Waals surface area contributed by atoms with Gasteiger partial charge in [0, 0.05) is 6.54 Å². The number of nitrogens with one attached hydrogen (secondary N) is 1.